The Balaban J connectivity index is 1.60. The van der Waals surface area contributed by atoms with E-state index in [1.54, 1.807) is 11.2 Å². The summed E-state index contributed by atoms with van der Waals surface area (Å²) in [4.78, 5) is 46.7. The molecule has 3 heterocycles. The fourth-order valence-corrected chi connectivity index (χ4v) is 3.89. The Labute approximate surface area is 167 Å². The van der Waals surface area contributed by atoms with E-state index < -0.39 is 11.2 Å². The highest BCUT2D eigenvalue weighted by atomic mass is 16.2. The van der Waals surface area contributed by atoms with Crippen molar-refractivity contribution in [1.29, 1.82) is 0 Å². The number of hydrogen-bond acceptors (Lipinski definition) is 4. The summed E-state index contributed by atoms with van der Waals surface area (Å²) in [5, 5.41) is 0. The average Bonchev–Trinajstić information content (AvgIpc) is 3.22. The maximum Gasteiger partial charge on any atom is 0.331 e. The van der Waals surface area contributed by atoms with Gasteiger partial charge in [-0.2, -0.15) is 0 Å². The van der Waals surface area contributed by atoms with Crippen LogP contribution in [0.2, 0.25) is 0 Å². The van der Waals surface area contributed by atoms with Gasteiger partial charge in [0.1, 0.15) is 5.69 Å². The van der Waals surface area contributed by atoms with Gasteiger partial charge in [-0.15, -0.1) is 0 Å². The van der Waals surface area contributed by atoms with Crippen molar-refractivity contribution in [1.82, 2.24) is 24.0 Å². The van der Waals surface area contributed by atoms with Crippen LogP contribution in [-0.4, -0.2) is 36.5 Å². The van der Waals surface area contributed by atoms with Crippen molar-refractivity contribution < 1.29 is 4.79 Å². The molecular formula is C21H23N5O3. The number of nitrogens with one attached hydrogen (secondary N) is 1. The largest absolute Gasteiger partial charge is 0.347 e. The average molecular weight is 393 g/mol. The first kappa shape index (κ1) is 18.9. The van der Waals surface area contributed by atoms with Crippen LogP contribution in [0.1, 0.15) is 39.8 Å². The molecule has 0 bridgehead atoms. The van der Waals surface area contributed by atoms with E-state index in [4.69, 9.17) is 0 Å². The molecule has 1 aliphatic heterocycles. The molecular weight excluding hydrogens is 370 g/mol. The van der Waals surface area contributed by atoms with Crippen molar-refractivity contribution in [2.75, 3.05) is 6.54 Å². The lowest BCUT2D eigenvalue weighted by Gasteiger charge is -2.32. The maximum absolute atomic E-state index is 13.2. The summed E-state index contributed by atoms with van der Waals surface area (Å²) in [7, 11) is 2.91. The van der Waals surface area contributed by atoms with Gasteiger partial charge in [0.15, 0.2) is 0 Å². The first-order valence-corrected chi connectivity index (χ1v) is 9.58. The van der Waals surface area contributed by atoms with Crippen LogP contribution < -0.4 is 11.2 Å². The minimum Gasteiger partial charge on any atom is -0.347 e. The van der Waals surface area contributed by atoms with E-state index in [1.165, 1.54) is 30.3 Å². The molecule has 8 heteroatoms. The number of benzene rings is 1. The zero-order valence-electron chi connectivity index (χ0n) is 16.5. The summed E-state index contributed by atoms with van der Waals surface area (Å²) in [6.45, 7) is 0.867. The molecule has 0 aliphatic carbocycles. The van der Waals surface area contributed by atoms with Crippen molar-refractivity contribution in [2.45, 2.75) is 25.3 Å². The molecule has 29 heavy (non-hydrogen) atoms. The highest BCUT2D eigenvalue weighted by Gasteiger charge is 2.31. The highest BCUT2D eigenvalue weighted by molar-refractivity contribution is 5.92. The molecule has 1 amide bonds. The van der Waals surface area contributed by atoms with Crippen molar-refractivity contribution in [3.63, 3.8) is 0 Å². The van der Waals surface area contributed by atoms with Gasteiger partial charge in [0.05, 0.1) is 24.3 Å². The molecule has 0 saturated carbocycles. The van der Waals surface area contributed by atoms with Crippen LogP contribution in [0.3, 0.4) is 0 Å². The Hall–Kier alpha value is -3.42. The van der Waals surface area contributed by atoms with Gasteiger partial charge in [0, 0.05) is 32.6 Å². The number of aromatic nitrogens is 4. The fourth-order valence-electron chi connectivity index (χ4n) is 3.89. The summed E-state index contributed by atoms with van der Waals surface area (Å²) in [6, 6.07) is 11.4. The Morgan fingerprint density at radius 3 is 2.69 bits per heavy atom. The lowest BCUT2D eigenvalue weighted by Crippen LogP contribution is -2.44. The molecule has 0 fully saturated rings. The summed E-state index contributed by atoms with van der Waals surface area (Å²) >= 11 is 0. The summed E-state index contributed by atoms with van der Waals surface area (Å²) in [5.74, 6) is -0.245. The quantitative estimate of drug-likeness (QED) is 0.720. The van der Waals surface area contributed by atoms with E-state index in [9.17, 15) is 14.4 Å². The Morgan fingerprint density at radius 2 is 1.93 bits per heavy atom. The van der Waals surface area contributed by atoms with E-state index in [2.05, 4.69) is 22.1 Å². The number of aryl methyl sites for hydroxylation is 1. The van der Waals surface area contributed by atoms with Crippen molar-refractivity contribution in [3.8, 4) is 0 Å². The van der Waals surface area contributed by atoms with Gasteiger partial charge in [0.25, 0.3) is 11.5 Å². The third-order valence-electron chi connectivity index (χ3n) is 5.58. The number of rotatable bonds is 4. The summed E-state index contributed by atoms with van der Waals surface area (Å²) in [5.41, 5.74) is 2.22. The molecule has 1 aliphatic rings. The number of nitrogens with zero attached hydrogens (tertiary/aromatic N) is 4. The van der Waals surface area contributed by atoms with E-state index in [-0.39, 0.29) is 17.5 Å². The van der Waals surface area contributed by atoms with E-state index in [0.717, 1.165) is 28.8 Å². The topological polar surface area (TPSA) is 93.0 Å². The van der Waals surface area contributed by atoms with Crippen LogP contribution in [-0.2, 0) is 27.1 Å². The summed E-state index contributed by atoms with van der Waals surface area (Å²) in [6.07, 6.45) is 3.38. The number of aromatic amines is 1. The zero-order chi connectivity index (χ0) is 20.5. The van der Waals surface area contributed by atoms with Crippen molar-refractivity contribution in [2.24, 2.45) is 14.1 Å². The molecule has 0 radical (unpaired) electrons. The minimum absolute atomic E-state index is 0.0812. The number of fused-ring (bicyclic) bond motifs is 1. The first-order valence-electron chi connectivity index (χ1n) is 9.58. The standard InChI is InChI=1S/C21H23N5O3/c1-24-17(10-18(27)25(2)21(24)29)20(28)26-11-15(19-16(12-26)22-13-23-19)9-8-14-6-4-3-5-7-14/h3-7,10,13,15H,8-9,11-12H2,1-2H3,(H,22,23). The first-order chi connectivity index (χ1) is 14.0. The van der Waals surface area contributed by atoms with Crippen molar-refractivity contribution >= 4 is 5.91 Å². The molecule has 1 aromatic carbocycles. The second kappa shape index (κ2) is 7.54. The minimum atomic E-state index is -0.513. The Kier molecular flexibility index (Phi) is 4.92. The zero-order valence-corrected chi connectivity index (χ0v) is 16.5. The molecule has 8 nitrogen and oxygen atoms in total. The van der Waals surface area contributed by atoms with Crippen LogP contribution >= 0.6 is 0 Å². The lowest BCUT2D eigenvalue weighted by molar-refractivity contribution is 0.0699. The van der Waals surface area contributed by atoms with Crippen LogP contribution in [0, 0.1) is 0 Å². The summed E-state index contributed by atoms with van der Waals surface area (Å²) < 4.78 is 2.22. The van der Waals surface area contributed by atoms with Gasteiger partial charge >= 0.3 is 5.69 Å². The highest BCUT2D eigenvalue weighted by Crippen LogP contribution is 2.30. The SMILES string of the molecule is Cn1c(C(=O)N2Cc3[nH]cnc3C(CCc3ccccc3)C2)cc(=O)n(C)c1=O. The maximum atomic E-state index is 13.2. The lowest BCUT2D eigenvalue weighted by atomic mass is 9.91. The second-order valence-corrected chi connectivity index (χ2v) is 7.44. The molecule has 1 atom stereocenters. The van der Waals surface area contributed by atoms with E-state index >= 15 is 0 Å². The number of imidazole rings is 1. The third kappa shape index (κ3) is 3.53. The van der Waals surface area contributed by atoms with Gasteiger partial charge < -0.3 is 9.88 Å². The third-order valence-corrected chi connectivity index (χ3v) is 5.58. The predicted molar refractivity (Wildman–Crippen MR) is 108 cm³/mol. The van der Waals surface area contributed by atoms with Crippen LogP contribution in [0.25, 0.3) is 0 Å². The molecule has 150 valence electrons. The smallest absolute Gasteiger partial charge is 0.331 e. The number of amides is 1. The van der Waals surface area contributed by atoms with Gasteiger partial charge in [-0.3, -0.25) is 18.7 Å². The van der Waals surface area contributed by atoms with Gasteiger partial charge in [-0.1, -0.05) is 30.3 Å². The molecule has 1 unspecified atom stereocenters. The van der Waals surface area contributed by atoms with Gasteiger partial charge in [-0.25, -0.2) is 9.78 Å². The van der Waals surface area contributed by atoms with E-state index in [0.29, 0.717) is 13.1 Å². The van der Waals surface area contributed by atoms with Crippen molar-refractivity contribution in [3.05, 3.63) is 86.2 Å². The Bertz CT molecular complexity index is 1160. The number of carbonyl (C=O) groups excluding carboxylic acids is 1. The molecule has 1 N–H and O–H groups in total. The molecule has 0 saturated heterocycles. The molecule has 4 rings (SSSR count). The fraction of sp³-hybridized carbons (Fsp3) is 0.333. The van der Waals surface area contributed by atoms with Crippen LogP contribution in [0.15, 0.2) is 52.3 Å². The number of carbonyl (C=O) groups is 1. The van der Waals surface area contributed by atoms with Crippen LogP contribution in [0.5, 0.6) is 0 Å². The van der Waals surface area contributed by atoms with Gasteiger partial charge in [0.2, 0.25) is 0 Å². The van der Waals surface area contributed by atoms with E-state index in [1.807, 2.05) is 18.2 Å². The predicted octanol–water partition coefficient (Wildman–Crippen LogP) is 1.18. The molecule has 3 aromatic rings. The monoisotopic (exact) mass is 393 g/mol. The van der Waals surface area contributed by atoms with Crippen LogP contribution in [0.4, 0.5) is 0 Å². The van der Waals surface area contributed by atoms with Gasteiger partial charge in [-0.05, 0) is 18.4 Å². The molecule has 0 spiro atoms. The normalized spacial score (nSPS) is 15.9. The molecule has 2 aromatic heterocycles. The number of H-pyrrole nitrogens is 1. The number of hydrogen-bond donors (Lipinski definition) is 1. The Morgan fingerprint density at radius 1 is 1.17 bits per heavy atom. The second-order valence-electron chi connectivity index (χ2n) is 7.44.